The van der Waals surface area contributed by atoms with Gasteiger partial charge in [0.15, 0.2) is 0 Å². The predicted octanol–water partition coefficient (Wildman–Crippen LogP) is 4.34. The standard InChI is InChI=1S/C43H49ClN10O5/c1-42(2)40(43(3,4)41(42)59-30-7-5-27(21-45)32(44)20-30)50-37(56)33-23-47-35(24-46-33)53-13-11-26(12-14-53)25-51-15-17-52(18-16-51)29-6-8-31-28(19-29)22-48-54(39(31)58)34-9-10-36(55)49-38(34)57/h5-8,19-20,22-24,26,34,40-41H,9-18,25H2,1-4H3,(H,50,56)(H,49,55,57)/t34-,40?,41?/m1/s1. The lowest BCUT2D eigenvalue weighted by molar-refractivity contribution is -0.164. The van der Waals surface area contributed by atoms with Gasteiger partial charge in [0.05, 0.1) is 34.6 Å². The zero-order valence-corrected chi connectivity index (χ0v) is 34.5. The molecule has 0 radical (unpaired) electrons. The summed E-state index contributed by atoms with van der Waals surface area (Å²) < 4.78 is 7.56. The third-order valence-corrected chi connectivity index (χ3v) is 13.1. The van der Waals surface area contributed by atoms with Crippen molar-refractivity contribution in [3.8, 4) is 11.8 Å². The number of hydrogen-bond donors (Lipinski definition) is 2. The van der Waals surface area contributed by atoms with Crippen molar-refractivity contribution in [1.82, 2.24) is 35.3 Å². The molecule has 8 rings (SSSR count). The van der Waals surface area contributed by atoms with Gasteiger partial charge in [0, 0.05) is 86.2 Å². The Morgan fingerprint density at radius 3 is 2.34 bits per heavy atom. The summed E-state index contributed by atoms with van der Waals surface area (Å²) >= 11 is 6.24. The van der Waals surface area contributed by atoms with Crippen molar-refractivity contribution in [2.45, 2.75) is 71.6 Å². The van der Waals surface area contributed by atoms with Crippen LogP contribution in [0.3, 0.4) is 0 Å². The first-order valence-electron chi connectivity index (χ1n) is 20.3. The van der Waals surface area contributed by atoms with Crippen LogP contribution in [0.25, 0.3) is 10.8 Å². The molecule has 4 fully saturated rings. The van der Waals surface area contributed by atoms with E-state index in [0.29, 0.717) is 27.6 Å². The molecular formula is C43H49ClN10O5. The number of nitriles is 1. The van der Waals surface area contributed by atoms with Crippen LogP contribution in [0.15, 0.2) is 59.8 Å². The number of halogens is 1. The predicted molar refractivity (Wildman–Crippen MR) is 222 cm³/mol. The first-order chi connectivity index (χ1) is 28.2. The number of imide groups is 1. The minimum absolute atomic E-state index is 0.179. The van der Waals surface area contributed by atoms with E-state index in [4.69, 9.17) is 16.3 Å². The van der Waals surface area contributed by atoms with Crippen molar-refractivity contribution in [1.29, 1.82) is 5.26 Å². The van der Waals surface area contributed by atoms with E-state index in [9.17, 15) is 24.4 Å². The van der Waals surface area contributed by atoms with Crippen LogP contribution < -0.4 is 30.7 Å². The number of carbonyl (C=O) groups is 3. The quantitative estimate of drug-likeness (QED) is 0.229. The molecule has 3 amide bonds. The molecule has 0 spiro atoms. The van der Waals surface area contributed by atoms with Crippen molar-refractivity contribution < 1.29 is 19.1 Å². The number of anilines is 2. The van der Waals surface area contributed by atoms with Crippen LogP contribution in [0.5, 0.6) is 5.75 Å². The minimum atomic E-state index is -0.787. The van der Waals surface area contributed by atoms with Crippen molar-refractivity contribution in [3.05, 3.63) is 81.6 Å². The molecule has 5 heterocycles. The number of rotatable bonds is 9. The summed E-state index contributed by atoms with van der Waals surface area (Å²) in [6.07, 6.45) is 7.20. The fourth-order valence-corrected chi connectivity index (χ4v) is 10.00. The van der Waals surface area contributed by atoms with Gasteiger partial charge in [0.1, 0.15) is 35.5 Å². The summed E-state index contributed by atoms with van der Waals surface area (Å²) in [5.74, 6) is 0.829. The minimum Gasteiger partial charge on any atom is -0.489 e. The highest BCUT2D eigenvalue weighted by atomic mass is 35.5. The molecule has 3 aliphatic heterocycles. The van der Waals surface area contributed by atoms with Gasteiger partial charge >= 0.3 is 0 Å². The zero-order chi connectivity index (χ0) is 41.6. The van der Waals surface area contributed by atoms with Gasteiger partial charge in [-0.25, -0.2) is 14.6 Å². The monoisotopic (exact) mass is 820 g/mol. The average molecular weight is 821 g/mol. The number of piperazine rings is 1. The molecule has 3 saturated heterocycles. The summed E-state index contributed by atoms with van der Waals surface area (Å²) in [7, 11) is 0. The first-order valence-corrected chi connectivity index (χ1v) is 20.7. The molecule has 2 aromatic heterocycles. The van der Waals surface area contributed by atoms with E-state index in [2.05, 4.69) is 74.2 Å². The zero-order valence-electron chi connectivity index (χ0n) is 33.8. The smallest absolute Gasteiger partial charge is 0.275 e. The van der Waals surface area contributed by atoms with Gasteiger partial charge in [-0.2, -0.15) is 10.4 Å². The lowest BCUT2D eigenvalue weighted by atomic mass is 9.49. The number of ether oxygens (including phenoxy) is 1. The van der Waals surface area contributed by atoms with E-state index in [1.807, 2.05) is 18.2 Å². The maximum atomic E-state index is 13.4. The summed E-state index contributed by atoms with van der Waals surface area (Å²) in [6.45, 7) is 14.7. The van der Waals surface area contributed by atoms with E-state index >= 15 is 0 Å². The highest BCUT2D eigenvalue weighted by molar-refractivity contribution is 6.31. The van der Waals surface area contributed by atoms with E-state index in [-0.39, 0.29) is 48.1 Å². The molecule has 0 bridgehead atoms. The van der Waals surface area contributed by atoms with Crippen LogP contribution >= 0.6 is 11.6 Å². The number of benzene rings is 2. The second-order valence-corrected chi connectivity index (χ2v) is 17.8. The van der Waals surface area contributed by atoms with Gasteiger partial charge in [-0.15, -0.1) is 0 Å². The number of aromatic nitrogens is 4. The fourth-order valence-electron chi connectivity index (χ4n) is 9.79. The fraction of sp³-hybridized carbons (Fsp3) is 0.488. The molecule has 1 aliphatic carbocycles. The lowest BCUT2D eigenvalue weighted by Gasteiger charge is -2.63. The number of nitrogens with zero attached hydrogens (tertiary/aromatic N) is 8. The van der Waals surface area contributed by atoms with Crippen molar-refractivity contribution >= 4 is 51.6 Å². The number of nitrogens with one attached hydrogen (secondary N) is 2. The Balaban J connectivity index is 0.792. The molecule has 16 heteroatoms. The average Bonchev–Trinajstić information content (AvgIpc) is 3.22. The highest BCUT2D eigenvalue weighted by Gasteiger charge is 2.64. The Labute approximate surface area is 347 Å². The number of carbonyl (C=O) groups excluding carboxylic acids is 3. The van der Waals surface area contributed by atoms with E-state index in [1.165, 1.54) is 4.68 Å². The Kier molecular flexibility index (Phi) is 10.8. The number of hydrogen-bond acceptors (Lipinski definition) is 12. The van der Waals surface area contributed by atoms with Gasteiger partial charge in [-0.1, -0.05) is 39.3 Å². The molecule has 308 valence electrons. The SMILES string of the molecule is CC1(C)C(NC(=O)c2cnc(N3CCC(CN4CCN(c5ccc6c(=O)n([C@@H]7CCC(=O)NC7=O)ncc6c5)CC4)CC3)cn2)C(C)(C)C1Oc1ccc(C#N)c(Cl)c1. The molecule has 1 saturated carbocycles. The van der Waals surface area contributed by atoms with Crippen LogP contribution in [0.1, 0.15) is 75.5 Å². The Bertz CT molecular complexity index is 2360. The third kappa shape index (κ3) is 7.83. The highest BCUT2D eigenvalue weighted by Crippen LogP contribution is 2.55. The Morgan fingerprint density at radius 2 is 1.68 bits per heavy atom. The van der Waals surface area contributed by atoms with E-state index < -0.39 is 22.8 Å². The van der Waals surface area contributed by atoms with Crippen molar-refractivity contribution in [3.63, 3.8) is 0 Å². The molecule has 4 aromatic rings. The van der Waals surface area contributed by atoms with Crippen LogP contribution in [0.4, 0.5) is 11.5 Å². The molecule has 1 atom stereocenters. The van der Waals surface area contributed by atoms with Crippen LogP contribution in [-0.2, 0) is 9.59 Å². The number of amides is 3. The van der Waals surface area contributed by atoms with Gasteiger partial charge in [-0.05, 0) is 55.5 Å². The van der Waals surface area contributed by atoms with E-state index in [0.717, 1.165) is 75.5 Å². The summed E-state index contributed by atoms with van der Waals surface area (Å²) in [6, 6.07) is 11.9. The summed E-state index contributed by atoms with van der Waals surface area (Å²) in [4.78, 5) is 66.9. The van der Waals surface area contributed by atoms with Crippen molar-refractivity contribution in [2.24, 2.45) is 16.7 Å². The number of piperidine rings is 2. The van der Waals surface area contributed by atoms with Crippen molar-refractivity contribution in [2.75, 3.05) is 55.6 Å². The normalized spacial score (nSPS) is 23.3. The Morgan fingerprint density at radius 1 is 0.932 bits per heavy atom. The molecule has 2 N–H and O–H groups in total. The van der Waals surface area contributed by atoms with Gasteiger partial charge in [-0.3, -0.25) is 29.4 Å². The number of fused-ring (bicyclic) bond motifs is 1. The van der Waals surface area contributed by atoms with Gasteiger partial charge < -0.3 is 19.9 Å². The molecule has 15 nitrogen and oxygen atoms in total. The summed E-state index contributed by atoms with van der Waals surface area (Å²) in [5.41, 5.74) is 0.583. The third-order valence-electron chi connectivity index (χ3n) is 12.8. The van der Waals surface area contributed by atoms with Crippen LogP contribution in [0.2, 0.25) is 5.02 Å². The maximum absolute atomic E-state index is 13.4. The first kappa shape index (κ1) is 40.2. The Hall–Kier alpha value is -5.59. The largest absolute Gasteiger partial charge is 0.489 e. The van der Waals surface area contributed by atoms with Crippen LogP contribution in [-0.4, -0.2) is 100 Å². The van der Waals surface area contributed by atoms with Gasteiger partial charge in [0.25, 0.3) is 17.4 Å². The van der Waals surface area contributed by atoms with Gasteiger partial charge in [0.2, 0.25) is 5.91 Å². The molecule has 59 heavy (non-hydrogen) atoms. The molecule has 2 aromatic carbocycles. The second-order valence-electron chi connectivity index (χ2n) is 17.4. The molecule has 0 unspecified atom stereocenters. The lowest BCUT2D eigenvalue weighted by Crippen LogP contribution is -2.74. The molecule has 4 aliphatic rings. The molecular weight excluding hydrogens is 772 g/mol. The second kappa shape index (κ2) is 15.9. The van der Waals surface area contributed by atoms with E-state index in [1.54, 1.807) is 36.8 Å². The maximum Gasteiger partial charge on any atom is 0.275 e. The topological polar surface area (TPSA) is 179 Å². The summed E-state index contributed by atoms with van der Waals surface area (Å²) in [5, 5.41) is 20.6. The van der Waals surface area contributed by atoms with Crippen LogP contribution in [0, 0.1) is 28.1 Å².